The number of nitrogens with one attached hydrogen (secondary N) is 2. The molecule has 1 saturated heterocycles. The molecule has 1 heterocycles. The first kappa shape index (κ1) is 18.9. The van der Waals surface area contributed by atoms with Crippen LogP contribution in [0, 0.1) is 0 Å². The van der Waals surface area contributed by atoms with E-state index in [4.69, 9.17) is 0 Å². The highest BCUT2D eigenvalue weighted by molar-refractivity contribution is 9.10. The largest absolute Gasteiger partial charge is 0.348 e. The second-order valence-corrected chi connectivity index (χ2v) is 7.96. The summed E-state index contributed by atoms with van der Waals surface area (Å²) in [6.07, 6.45) is 4.97. The van der Waals surface area contributed by atoms with E-state index in [1.54, 1.807) is 0 Å². The SMILES string of the molecule is CC[C@H](NC(=O)CN1C(=O)NC2(CCCCC2)C1=O)c1ccc(Br)cc1. The average molecular weight is 422 g/mol. The van der Waals surface area contributed by atoms with E-state index >= 15 is 0 Å². The third-order valence-corrected chi connectivity index (χ3v) is 5.80. The molecule has 6 nitrogen and oxygen atoms in total. The van der Waals surface area contributed by atoms with Crippen LogP contribution in [0.3, 0.4) is 0 Å². The highest BCUT2D eigenvalue weighted by atomic mass is 79.9. The van der Waals surface area contributed by atoms with Crippen LogP contribution in [0.4, 0.5) is 4.79 Å². The molecule has 3 rings (SSSR count). The van der Waals surface area contributed by atoms with Gasteiger partial charge in [-0.15, -0.1) is 0 Å². The number of halogens is 1. The Hall–Kier alpha value is -1.89. The lowest BCUT2D eigenvalue weighted by Gasteiger charge is -2.30. The summed E-state index contributed by atoms with van der Waals surface area (Å²) in [5.74, 6) is -0.579. The molecule has 2 N–H and O–H groups in total. The lowest BCUT2D eigenvalue weighted by Crippen LogP contribution is -2.49. The minimum absolute atomic E-state index is 0.153. The highest BCUT2D eigenvalue weighted by Crippen LogP contribution is 2.33. The summed E-state index contributed by atoms with van der Waals surface area (Å²) in [5.41, 5.74) is 0.205. The van der Waals surface area contributed by atoms with Crippen LogP contribution in [0.2, 0.25) is 0 Å². The van der Waals surface area contributed by atoms with Crippen LogP contribution >= 0.6 is 15.9 Å². The monoisotopic (exact) mass is 421 g/mol. The zero-order chi connectivity index (χ0) is 18.7. The van der Waals surface area contributed by atoms with Crippen LogP contribution in [0.25, 0.3) is 0 Å². The van der Waals surface area contributed by atoms with Crippen molar-refractivity contribution in [3.05, 3.63) is 34.3 Å². The maximum Gasteiger partial charge on any atom is 0.325 e. The van der Waals surface area contributed by atoms with Crippen molar-refractivity contribution in [2.75, 3.05) is 6.54 Å². The van der Waals surface area contributed by atoms with Gasteiger partial charge in [0, 0.05) is 4.47 Å². The van der Waals surface area contributed by atoms with E-state index in [9.17, 15) is 14.4 Å². The highest BCUT2D eigenvalue weighted by Gasteiger charge is 2.51. The summed E-state index contributed by atoms with van der Waals surface area (Å²) >= 11 is 3.40. The van der Waals surface area contributed by atoms with Gasteiger partial charge in [0.2, 0.25) is 5.91 Å². The van der Waals surface area contributed by atoms with Gasteiger partial charge in [0.05, 0.1) is 6.04 Å². The van der Waals surface area contributed by atoms with Crippen molar-refractivity contribution in [3.8, 4) is 0 Å². The number of urea groups is 1. The fraction of sp³-hybridized carbons (Fsp3) is 0.526. The zero-order valence-corrected chi connectivity index (χ0v) is 16.5. The van der Waals surface area contributed by atoms with Crippen LogP contribution in [0.5, 0.6) is 0 Å². The number of rotatable bonds is 5. The molecule has 1 aromatic rings. The summed E-state index contributed by atoms with van der Waals surface area (Å²) in [5, 5.41) is 5.77. The molecule has 26 heavy (non-hydrogen) atoms. The first-order chi connectivity index (χ1) is 12.4. The van der Waals surface area contributed by atoms with E-state index in [1.807, 2.05) is 31.2 Å². The van der Waals surface area contributed by atoms with Crippen LogP contribution in [0.15, 0.2) is 28.7 Å². The Balaban J connectivity index is 1.64. The number of carbonyl (C=O) groups excluding carboxylic acids is 3. The summed E-state index contributed by atoms with van der Waals surface area (Å²) < 4.78 is 0.972. The molecular formula is C19H24BrN3O3. The van der Waals surface area contributed by atoms with E-state index < -0.39 is 11.6 Å². The van der Waals surface area contributed by atoms with Gasteiger partial charge in [-0.25, -0.2) is 4.79 Å². The fourth-order valence-electron chi connectivity index (χ4n) is 3.81. The number of hydrogen-bond donors (Lipinski definition) is 2. The van der Waals surface area contributed by atoms with Gasteiger partial charge in [0.25, 0.3) is 5.91 Å². The van der Waals surface area contributed by atoms with Crippen LogP contribution in [-0.4, -0.2) is 34.8 Å². The Labute approximate surface area is 161 Å². The Morgan fingerprint density at radius 3 is 2.50 bits per heavy atom. The van der Waals surface area contributed by atoms with Crippen LogP contribution in [-0.2, 0) is 9.59 Å². The van der Waals surface area contributed by atoms with Gasteiger partial charge in [-0.3, -0.25) is 14.5 Å². The molecule has 1 spiro atoms. The normalized spacial score (nSPS) is 20.2. The summed E-state index contributed by atoms with van der Waals surface area (Å²) in [6, 6.07) is 7.14. The maximum atomic E-state index is 12.7. The standard InChI is InChI=1S/C19H24BrN3O3/c1-2-15(13-6-8-14(20)9-7-13)21-16(24)12-23-17(25)19(22-18(23)26)10-4-3-5-11-19/h6-9,15H,2-5,10-12H2,1H3,(H,21,24)(H,22,26)/t15-/m0/s1. The topological polar surface area (TPSA) is 78.5 Å². The molecule has 1 saturated carbocycles. The van der Waals surface area contributed by atoms with Crippen LogP contribution in [0.1, 0.15) is 57.1 Å². The fourth-order valence-corrected chi connectivity index (χ4v) is 4.08. The quantitative estimate of drug-likeness (QED) is 0.715. The minimum Gasteiger partial charge on any atom is -0.348 e. The Kier molecular flexibility index (Phi) is 5.65. The van der Waals surface area contributed by atoms with Gasteiger partial charge in [-0.2, -0.15) is 0 Å². The van der Waals surface area contributed by atoms with Crippen molar-refractivity contribution in [2.45, 2.75) is 57.0 Å². The molecule has 7 heteroatoms. The number of hydrogen-bond acceptors (Lipinski definition) is 3. The van der Waals surface area contributed by atoms with Crippen LogP contribution < -0.4 is 10.6 Å². The van der Waals surface area contributed by atoms with E-state index in [2.05, 4.69) is 26.6 Å². The van der Waals surface area contributed by atoms with Crippen molar-refractivity contribution in [2.24, 2.45) is 0 Å². The number of imide groups is 1. The summed E-state index contributed by atoms with van der Waals surface area (Å²) in [6.45, 7) is 1.75. The molecule has 0 aromatic heterocycles. The molecule has 0 radical (unpaired) electrons. The zero-order valence-electron chi connectivity index (χ0n) is 14.9. The van der Waals surface area contributed by atoms with Gasteiger partial charge in [-0.05, 0) is 37.0 Å². The molecule has 1 aromatic carbocycles. The molecule has 140 valence electrons. The number of amides is 4. The summed E-state index contributed by atoms with van der Waals surface area (Å²) in [7, 11) is 0. The minimum atomic E-state index is -0.786. The van der Waals surface area contributed by atoms with Gasteiger partial charge in [0.15, 0.2) is 0 Å². The lowest BCUT2D eigenvalue weighted by atomic mass is 9.82. The molecular weight excluding hydrogens is 398 g/mol. The Morgan fingerprint density at radius 1 is 1.23 bits per heavy atom. The predicted octanol–water partition coefficient (Wildman–Crippen LogP) is 3.27. The van der Waals surface area contributed by atoms with Crippen molar-refractivity contribution in [3.63, 3.8) is 0 Å². The van der Waals surface area contributed by atoms with Gasteiger partial charge >= 0.3 is 6.03 Å². The van der Waals surface area contributed by atoms with Gasteiger partial charge in [-0.1, -0.05) is 54.2 Å². The van der Waals surface area contributed by atoms with Crippen molar-refractivity contribution < 1.29 is 14.4 Å². The second-order valence-electron chi connectivity index (χ2n) is 7.04. The van der Waals surface area contributed by atoms with E-state index in [0.29, 0.717) is 12.8 Å². The molecule has 1 aliphatic carbocycles. The van der Waals surface area contributed by atoms with Crippen molar-refractivity contribution >= 4 is 33.8 Å². The Bertz CT molecular complexity index is 698. The first-order valence-electron chi connectivity index (χ1n) is 9.14. The number of carbonyl (C=O) groups is 3. The molecule has 1 atom stereocenters. The maximum absolute atomic E-state index is 12.7. The second kappa shape index (κ2) is 7.78. The van der Waals surface area contributed by atoms with Crippen molar-refractivity contribution in [1.29, 1.82) is 0 Å². The smallest absolute Gasteiger partial charge is 0.325 e. The van der Waals surface area contributed by atoms with Gasteiger partial charge in [0.1, 0.15) is 12.1 Å². The molecule has 0 bridgehead atoms. The first-order valence-corrected chi connectivity index (χ1v) is 9.93. The third kappa shape index (κ3) is 3.77. The van der Waals surface area contributed by atoms with Crippen molar-refractivity contribution in [1.82, 2.24) is 15.5 Å². The summed E-state index contributed by atoms with van der Waals surface area (Å²) in [4.78, 5) is 38.6. The number of nitrogens with zero attached hydrogens (tertiary/aromatic N) is 1. The third-order valence-electron chi connectivity index (χ3n) is 5.27. The molecule has 4 amide bonds. The average Bonchev–Trinajstić information content (AvgIpc) is 2.85. The molecule has 2 aliphatic rings. The Morgan fingerprint density at radius 2 is 1.88 bits per heavy atom. The molecule has 0 unspecified atom stereocenters. The van der Waals surface area contributed by atoms with E-state index in [1.165, 1.54) is 0 Å². The van der Waals surface area contributed by atoms with Gasteiger partial charge < -0.3 is 10.6 Å². The lowest BCUT2D eigenvalue weighted by molar-refractivity contribution is -0.136. The predicted molar refractivity (Wildman–Crippen MR) is 101 cm³/mol. The molecule has 1 aliphatic heterocycles. The van der Waals surface area contributed by atoms with E-state index in [-0.39, 0.29) is 24.4 Å². The van der Waals surface area contributed by atoms with E-state index in [0.717, 1.165) is 40.6 Å². The number of benzene rings is 1. The molecule has 2 fully saturated rings.